The molecular weight excluding hydrogens is 881 g/mol. The molecule has 0 amide bonds. The van der Waals surface area contributed by atoms with E-state index in [4.69, 9.17) is 14.8 Å². The van der Waals surface area contributed by atoms with E-state index in [-0.39, 0.29) is 5.41 Å². The molecule has 13 rings (SSSR count). The van der Waals surface area contributed by atoms with Gasteiger partial charge in [0.25, 0.3) is 6.33 Å². The maximum absolute atomic E-state index is 7.17. The number of hydrogen-bond acceptors (Lipinski definition) is 3. The van der Waals surface area contributed by atoms with Crippen molar-refractivity contribution < 1.29 is 9.42 Å². The molecule has 0 unspecified atom stereocenters. The highest BCUT2D eigenvalue weighted by atomic mass is 16.5. The van der Waals surface area contributed by atoms with Crippen molar-refractivity contribution in [3.8, 4) is 68.0 Å². The van der Waals surface area contributed by atoms with Crippen LogP contribution in [0.4, 0.5) is 0 Å². The Morgan fingerprint density at radius 1 is 0.472 bits per heavy atom. The molecule has 0 bridgehead atoms. The van der Waals surface area contributed by atoms with Gasteiger partial charge in [0, 0.05) is 45.4 Å². The second-order valence-electron chi connectivity index (χ2n) is 19.3. The maximum Gasteiger partial charge on any atom is 0.273 e. The first kappa shape index (κ1) is 42.7. The number of aromatic nitrogens is 6. The molecule has 4 aromatic heterocycles. The molecule has 0 N–H and O–H groups in total. The predicted molar refractivity (Wildman–Crippen MR) is 292 cm³/mol. The summed E-state index contributed by atoms with van der Waals surface area (Å²) in [5.41, 5.74) is 13.4. The quantitative estimate of drug-likeness (QED) is 0.107. The largest absolute Gasteiger partial charge is 0.458 e. The van der Waals surface area contributed by atoms with Gasteiger partial charge in [-0.25, -0.2) is 4.98 Å². The van der Waals surface area contributed by atoms with Crippen molar-refractivity contribution in [2.45, 2.75) is 26.2 Å². The van der Waals surface area contributed by atoms with Crippen LogP contribution in [0.25, 0.3) is 100 Å². The van der Waals surface area contributed by atoms with E-state index in [0.717, 1.165) is 89.4 Å². The Hall–Kier alpha value is -9.33. The lowest BCUT2D eigenvalue weighted by molar-refractivity contribution is -0.659. The number of fused-ring (bicyclic) bond motifs is 6. The molecule has 344 valence electrons. The summed E-state index contributed by atoms with van der Waals surface area (Å²) in [6.45, 7) is 6.73. The fraction of sp³-hybridized carbons (Fsp3) is 0.0615. The van der Waals surface area contributed by atoms with Crippen LogP contribution >= 0.6 is 0 Å². The molecule has 0 saturated carbocycles. The smallest absolute Gasteiger partial charge is 0.273 e. The van der Waals surface area contributed by atoms with Crippen molar-refractivity contribution >= 4 is 43.6 Å². The Labute approximate surface area is 417 Å². The first-order valence-corrected chi connectivity index (χ1v) is 24.4. The molecule has 7 nitrogen and oxygen atoms in total. The van der Waals surface area contributed by atoms with E-state index >= 15 is 0 Å². The van der Waals surface area contributed by atoms with Crippen LogP contribution in [0.15, 0.2) is 237 Å². The average Bonchev–Trinajstić information content (AvgIpc) is 4.12. The van der Waals surface area contributed by atoms with E-state index in [2.05, 4.69) is 224 Å². The van der Waals surface area contributed by atoms with Crippen molar-refractivity contribution in [2.24, 2.45) is 0 Å². The highest BCUT2D eigenvalue weighted by Gasteiger charge is 2.25. The average molecular weight is 929 g/mol. The third-order valence-electron chi connectivity index (χ3n) is 13.7. The lowest BCUT2D eigenvalue weighted by atomic mass is 9.88. The van der Waals surface area contributed by atoms with Gasteiger partial charge in [-0.2, -0.15) is 4.68 Å². The number of benzene rings is 9. The van der Waals surface area contributed by atoms with Gasteiger partial charge >= 0.3 is 0 Å². The van der Waals surface area contributed by atoms with Crippen LogP contribution in [0.3, 0.4) is 0 Å². The topological polar surface area (TPSA) is 53.7 Å². The van der Waals surface area contributed by atoms with E-state index in [1.54, 1.807) is 0 Å². The molecule has 9 aromatic carbocycles. The van der Waals surface area contributed by atoms with Crippen molar-refractivity contribution in [1.82, 2.24) is 23.8 Å². The summed E-state index contributed by atoms with van der Waals surface area (Å²) in [6, 6.07) is 80.6. The van der Waals surface area contributed by atoms with Gasteiger partial charge in [-0.3, -0.25) is 9.13 Å². The molecular formula is C65H48N6O. The molecule has 0 atom stereocenters. The molecule has 0 aliphatic heterocycles. The number of ether oxygens (including phenoxy) is 1. The Kier molecular flexibility index (Phi) is 10.2. The lowest BCUT2D eigenvalue weighted by Crippen LogP contribution is -2.34. The molecule has 72 heavy (non-hydrogen) atoms. The third-order valence-corrected chi connectivity index (χ3v) is 13.7. The van der Waals surface area contributed by atoms with E-state index in [1.807, 2.05) is 57.9 Å². The maximum atomic E-state index is 7.17. The summed E-state index contributed by atoms with van der Waals surface area (Å²) in [7, 11) is 0. The first-order valence-electron chi connectivity index (χ1n) is 24.4. The van der Waals surface area contributed by atoms with Crippen molar-refractivity contribution in [1.29, 1.82) is 0 Å². The first-order chi connectivity index (χ1) is 35.4. The van der Waals surface area contributed by atoms with Gasteiger partial charge in [0.2, 0.25) is 0 Å². The summed E-state index contributed by atoms with van der Waals surface area (Å²) in [4.78, 5) is 5.05. The molecule has 7 heteroatoms. The number of nitrogens with zero attached hydrogens (tertiary/aromatic N) is 6. The zero-order chi connectivity index (χ0) is 48.3. The Balaban J connectivity index is 1.02. The van der Waals surface area contributed by atoms with Gasteiger partial charge < -0.3 is 9.30 Å². The van der Waals surface area contributed by atoms with Crippen LogP contribution < -0.4 is 9.42 Å². The van der Waals surface area contributed by atoms with Crippen molar-refractivity contribution in [3.63, 3.8) is 0 Å². The number of para-hydroxylation sites is 4. The zero-order valence-electron chi connectivity index (χ0n) is 40.1. The number of pyridine rings is 1. The standard InChI is InChI=1S/C65H48N6O/c1-65(2,3)47-37-38-66-61(39-47)71-58-36-18-15-31-55(58)62-59(70-56-34-16-13-29-53(56)54-30-14-17-35-57(54)70)41-50(42-60(62)71)72-49-28-19-27-48(40-49)68-43-69(67-64(68)46-25-11-6-12-26-46)63-51(44-21-7-4-8-22-44)32-20-33-52(63)45-23-9-5-10-24-45/h4-42H,1-3H3. The van der Waals surface area contributed by atoms with Crippen LogP contribution in [0.5, 0.6) is 11.5 Å². The number of rotatable bonds is 9. The van der Waals surface area contributed by atoms with E-state index in [1.165, 1.54) is 16.3 Å². The third kappa shape index (κ3) is 7.33. The van der Waals surface area contributed by atoms with E-state index in [9.17, 15) is 0 Å². The van der Waals surface area contributed by atoms with Crippen LogP contribution in [0, 0.1) is 6.33 Å². The minimum Gasteiger partial charge on any atom is -0.458 e. The molecule has 0 radical (unpaired) electrons. The van der Waals surface area contributed by atoms with E-state index < -0.39 is 0 Å². The van der Waals surface area contributed by atoms with Crippen molar-refractivity contribution in [2.75, 3.05) is 0 Å². The fourth-order valence-electron chi connectivity index (χ4n) is 10.4. The van der Waals surface area contributed by atoms with Crippen LogP contribution in [-0.2, 0) is 5.41 Å². The minimum atomic E-state index is -0.0777. The van der Waals surface area contributed by atoms with Gasteiger partial charge in [-0.15, -0.1) is 5.10 Å². The summed E-state index contributed by atoms with van der Waals surface area (Å²) in [5, 5.41) is 10.0. The van der Waals surface area contributed by atoms with Gasteiger partial charge in [0.15, 0.2) is 5.82 Å². The second kappa shape index (κ2) is 17.3. The molecule has 0 aliphatic rings. The van der Waals surface area contributed by atoms with Gasteiger partial charge in [0.05, 0.1) is 39.1 Å². The summed E-state index contributed by atoms with van der Waals surface area (Å²) in [5.74, 6) is 2.93. The SMILES string of the molecule is CC(C)(C)c1ccnc(-n2c3ccccc3c3c(-n4c5ccccc5c5ccccc54)cc(Oc4cccc(-n5[c-][n+](-c6c(-c7ccccc7)cccc6-c6ccccc6)nc5-c5ccccc5)c4)cc32)c1. The lowest BCUT2D eigenvalue weighted by Gasteiger charge is -2.20. The highest BCUT2D eigenvalue weighted by molar-refractivity contribution is 6.16. The molecule has 0 fully saturated rings. The normalized spacial score (nSPS) is 11.8. The molecule has 4 heterocycles. The summed E-state index contributed by atoms with van der Waals surface area (Å²) in [6.07, 6.45) is 5.65. The van der Waals surface area contributed by atoms with Gasteiger partial charge in [-0.05, 0) is 75.7 Å². The van der Waals surface area contributed by atoms with Crippen LogP contribution in [0.1, 0.15) is 26.3 Å². The second-order valence-corrected chi connectivity index (χ2v) is 19.3. The molecule has 0 saturated heterocycles. The zero-order valence-corrected chi connectivity index (χ0v) is 40.1. The number of hydrogen-bond donors (Lipinski definition) is 0. The Bertz CT molecular complexity index is 4050. The highest BCUT2D eigenvalue weighted by Crippen LogP contribution is 2.43. The van der Waals surface area contributed by atoms with E-state index in [0.29, 0.717) is 11.5 Å². The van der Waals surface area contributed by atoms with Gasteiger partial charge in [-0.1, -0.05) is 197 Å². The van der Waals surface area contributed by atoms with Crippen LogP contribution in [-0.4, -0.2) is 23.8 Å². The molecule has 0 spiro atoms. The van der Waals surface area contributed by atoms with Gasteiger partial charge in [0.1, 0.15) is 17.3 Å². The molecule has 0 aliphatic carbocycles. The summed E-state index contributed by atoms with van der Waals surface area (Å²) < 4.78 is 15.8. The Morgan fingerprint density at radius 2 is 1.03 bits per heavy atom. The monoisotopic (exact) mass is 928 g/mol. The predicted octanol–water partition coefficient (Wildman–Crippen LogP) is 15.6. The fourth-order valence-corrected chi connectivity index (χ4v) is 10.4. The van der Waals surface area contributed by atoms with Crippen molar-refractivity contribution in [3.05, 3.63) is 249 Å². The minimum absolute atomic E-state index is 0.0777. The molecule has 13 aromatic rings. The van der Waals surface area contributed by atoms with Crippen LogP contribution in [0.2, 0.25) is 0 Å². The summed E-state index contributed by atoms with van der Waals surface area (Å²) >= 11 is 0. The Morgan fingerprint density at radius 3 is 1.65 bits per heavy atom.